The number of furan rings is 1. The Balaban J connectivity index is 0.884. The lowest BCUT2D eigenvalue weighted by Crippen LogP contribution is -2.25. The number of nitrogens with zero attached hydrogens (tertiary/aromatic N) is 3. The zero-order valence-corrected chi connectivity index (χ0v) is 37.8. The highest BCUT2D eigenvalue weighted by atomic mass is 32.1. The summed E-state index contributed by atoms with van der Waals surface area (Å²) in [6, 6.07) is 80.9. The summed E-state index contributed by atoms with van der Waals surface area (Å²) in [4.78, 5) is 15.9. The van der Waals surface area contributed by atoms with Gasteiger partial charge in [-0.1, -0.05) is 194 Å². The third-order valence-electron chi connectivity index (χ3n) is 14.6. The molecule has 0 unspecified atom stereocenters. The van der Waals surface area contributed by atoms with Gasteiger partial charge in [0.05, 0.1) is 5.41 Å². The number of rotatable bonds is 5. The number of hydrogen-bond acceptors (Lipinski definition) is 5. The van der Waals surface area contributed by atoms with Gasteiger partial charge in [-0.2, -0.15) is 0 Å². The van der Waals surface area contributed by atoms with Gasteiger partial charge in [-0.05, 0) is 91.5 Å². The molecule has 0 amide bonds. The van der Waals surface area contributed by atoms with Crippen LogP contribution in [0.25, 0.3) is 121 Å². The molecule has 0 bridgehead atoms. The van der Waals surface area contributed by atoms with Crippen molar-refractivity contribution in [2.45, 2.75) is 5.41 Å². The Morgan fingerprint density at radius 2 is 0.826 bits per heavy atom. The van der Waals surface area contributed by atoms with Gasteiger partial charge in [0.25, 0.3) is 0 Å². The molecule has 4 nitrogen and oxygen atoms in total. The molecule has 2 aliphatic carbocycles. The summed E-state index contributed by atoms with van der Waals surface area (Å²) in [5.41, 5.74) is 19.0. The molecule has 320 valence electrons. The van der Waals surface area contributed by atoms with Crippen molar-refractivity contribution in [3.8, 4) is 78.7 Å². The first-order valence-corrected chi connectivity index (χ1v) is 24.2. The predicted molar refractivity (Wildman–Crippen MR) is 283 cm³/mol. The Morgan fingerprint density at radius 3 is 1.58 bits per heavy atom. The van der Waals surface area contributed by atoms with Crippen molar-refractivity contribution in [3.05, 3.63) is 247 Å². The van der Waals surface area contributed by atoms with Crippen LogP contribution in [-0.2, 0) is 5.41 Å². The second-order valence-electron chi connectivity index (χ2n) is 18.2. The topological polar surface area (TPSA) is 51.8 Å². The number of benzene rings is 10. The second kappa shape index (κ2) is 14.6. The summed E-state index contributed by atoms with van der Waals surface area (Å²) >= 11 is 1.78. The highest BCUT2D eigenvalue weighted by molar-refractivity contribution is 7.26. The number of fused-ring (bicyclic) bond motifs is 16. The minimum Gasteiger partial charge on any atom is -0.455 e. The average Bonchev–Trinajstić information content (AvgIpc) is 4.16. The maximum absolute atomic E-state index is 6.44. The van der Waals surface area contributed by atoms with Gasteiger partial charge < -0.3 is 4.42 Å². The second-order valence-corrected chi connectivity index (χ2v) is 19.2. The Hall–Kier alpha value is -8.77. The molecule has 0 radical (unpaired) electrons. The van der Waals surface area contributed by atoms with E-state index in [1.54, 1.807) is 11.3 Å². The van der Waals surface area contributed by atoms with Crippen LogP contribution in [0.4, 0.5) is 0 Å². The lowest BCUT2D eigenvalue weighted by molar-refractivity contribution is 0.670. The standard InChI is InChI=1S/C64H37N3OS/c1-6-25-53-44(16-1)45-17-2-7-26-54(45)64(53)55-27-8-3-18-46(55)47-35-34-41(37-56(47)64)40-14-11-15-42(36-40)62-65-61(66-63(67-62)52-24-13-23-51-49-20-5-10-29-58(49)69-60(51)52)39-32-30-38(31-33-39)43-21-12-22-50-48-19-4-9-28-57(48)68-59(43)50/h1-37H. The Kier molecular flexibility index (Phi) is 8.12. The molecule has 69 heavy (non-hydrogen) atoms. The van der Waals surface area contributed by atoms with Crippen molar-refractivity contribution >= 4 is 53.4 Å². The van der Waals surface area contributed by atoms with Gasteiger partial charge >= 0.3 is 0 Å². The van der Waals surface area contributed by atoms with Gasteiger partial charge in [0, 0.05) is 53.2 Å². The zero-order valence-electron chi connectivity index (χ0n) is 37.0. The maximum atomic E-state index is 6.44. The fraction of sp³-hybridized carbons (Fsp3) is 0.0156. The van der Waals surface area contributed by atoms with Crippen LogP contribution in [0.1, 0.15) is 22.3 Å². The molecule has 0 aliphatic heterocycles. The minimum absolute atomic E-state index is 0.424. The third kappa shape index (κ3) is 5.53. The molecule has 2 aliphatic rings. The monoisotopic (exact) mass is 895 g/mol. The Morgan fingerprint density at radius 1 is 0.319 bits per heavy atom. The molecule has 0 N–H and O–H groups in total. The molecular formula is C64H37N3OS. The van der Waals surface area contributed by atoms with Crippen LogP contribution in [0.2, 0.25) is 0 Å². The van der Waals surface area contributed by atoms with Crippen LogP contribution in [-0.4, -0.2) is 15.0 Å². The van der Waals surface area contributed by atoms with E-state index in [0.29, 0.717) is 17.5 Å². The summed E-state index contributed by atoms with van der Waals surface area (Å²) in [6.45, 7) is 0. The number of thiophene rings is 1. The summed E-state index contributed by atoms with van der Waals surface area (Å²) in [5.74, 6) is 1.88. The molecular weight excluding hydrogens is 859 g/mol. The largest absolute Gasteiger partial charge is 0.455 e. The first-order valence-electron chi connectivity index (χ1n) is 23.4. The Bertz CT molecular complexity index is 4210. The van der Waals surface area contributed by atoms with Crippen molar-refractivity contribution in [1.29, 1.82) is 0 Å². The van der Waals surface area contributed by atoms with E-state index in [2.05, 4.69) is 212 Å². The molecule has 3 aromatic heterocycles. The van der Waals surface area contributed by atoms with Gasteiger partial charge in [0.2, 0.25) is 0 Å². The molecule has 10 aromatic carbocycles. The molecule has 5 heteroatoms. The molecule has 3 heterocycles. The van der Waals surface area contributed by atoms with Gasteiger partial charge in [0.15, 0.2) is 17.5 Å². The molecule has 0 saturated heterocycles. The van der Waals surface area contributed by atoms with Crippen molar-refractivity contribution in [3.63, 3.8) is 0 Å². The van der Waals surface area contributed by atoms with Crippen molar-refractivity contribution in [2.24, 2.45) is 0 Å². The van der Waals surface area contributed by atoms with Gasteiger partial charge in [-0.3, -0.25) is 0 Å². The minimum atomic E-state index is -0.424. The van der Waals surface area contributed by atoms with E-state index in [0.717, 1.165) is 65.6 Å². The van der Waals surface area contributed by atoms with Gasteiger partial charge in [-0.15, -0.1) is 11.3 Å². The summed E-state index contributed by atoms with van der Waals surface area (Å²) < 4.78 is 8.83. The fourth-order valence-corrected chi connectivity index (χ4v) is 12.8. The third-order valence-corrected chi connectivity index (χ3v) is 15.8. The highest BCUT2D eigenvalue weighted by Crippen LogP contribution is 2.63. The zero-order chi connectivity index (χ0) is 45.2. The summed E-state index contributed by atoms with van der Waals surface area (Å²) in [7, 11) is 0. The maximum Gasteiger partial charge on any atom is 0.165 e. The van der Waals surface area contributed by atoms with Crippen LogP contribution < -0.4 is 0 Å². The lowest BCUT2D eigenvalue weighted by atomic mass is 9.70. The molecule has 15 rings (SSSR count). The molecule has 1 spiro atoms. The number of para-hydroxylation sites is 2. The molecule has 13 aromatic rings. The molecule has 0 saturated carbocycles. The van der Waals surface area contributed by atoms with E-state index >= 15 is 0 Å². The lowest BCUT2D eigenvalue weighted by Gasteiger charge is -2.30. The van der Waals surface area contributed by atoms with Crippen molar-refractivity contribution in [2.75, 3.05) is 0 Å². The Labute approximate surface area is 401 Å². The van der Waals surface area contributed by atoms with Crippen LogP contribution in [0, 0.1) is 0 Å². The van der Waals surface area contributed by atoms with Crippen LogP contribution in [0.3, 0.4) is 0 Å². The molecule has 0 fully saturated rings. The first kappa shape index (κ1) is 38.3. The smallest absolute Gasteiger partial charge is 0.165 e. The average molecular weight is 896 g/mol. The number of aromatic nitrogens is 3. The quantitative estimate of drug-likeness (QED) is 0.173. The van der Waals surface area contributed by atoms with Crippen LogP contribution in [0.15, 0.2) is 229 Å². The van der Waals surface area contributed by atoms with E-state index in [1.807, 2.05) is 12.1 Å². The highest BCUT2D eigenvalue weighted by Gasteiger charge is 2.51. The van der Waals surface area contributed by atoms with E-state index in [1.165, 1.54) is 60.0 Å². The number of hydrogen-bond donors (Lipinski definition) is 0. The predicted octanol–water partition coefficient (Wildman–Crippen LogP) is 16.8. The van der Waals surface area contributed by atoms with E-state index < -0.39 is 5.41 Å². The van der Waals surface area contributed by atoms with Gasteiger partial charge in [0.1, 0.15) is 11.2 Å². The first-order chi connectivity index (χ1) is 34.2. The van der Waals surface area contributed by atoms with E-state index in [-0.39, 0.29) is 0 Å². The van der Waals surface area contributed by atoms with Gasteiger partial charge in [-0.25, -0.2) is 15.0 Å². The summed E-state index contributed by atoms with van der Waals surface area (Å²) in [5, 5.41) is 4.66. The fourth-order valence-electron chi connectivity index (χ4n) is 11.6. The SMILES string of the molecule is c1cc(-c2ccc3c(c2)C2(c4ccccc4-c4ccccc42)c2ccccc2-3)cc(-c2nc(-c3ccc(-c4cccc5c4oc4ccccc45)cc3)nc(-c3cccc4c3sc3ccccc34)n2)c1. The van der Waals surface area contributed by atoms with Crippen molar-refractivity contribution < 1.29 is 4.42 Å². The van der Waals surface area contributed by atoms with E-state index in [4.69, 9.17) is 19.4 Å². The van der Waals surface area contributed by atoms with E-state index in [9.17, 15) is 0 Å². The normalized spacial score (nSPS) is 13.0. The van der Waals surface area contributed by atoms with Crippen LogP contribution in [0.5, 0.6) is 0 Å². The molecule has 0 atom stereocenters. The summed E-state index contributed by atoms with van der Waals surface area (Å²) in [6.07, 6.45) is 0. The van der Waals surface area contributed by atoms with Crippen molar-refractivity contribution in [1.82, 2.24) is 15.0 Å². The van der Waals surface area contributed by atoms with Crippen LogP contribution >= 0.6 is 11.3 Å².